The molecule has 0 aliphatic carbocycles. The lowest BCUT2D eigenvalue weighted by molar-refractivity contribution is -0.121. The molecule has 0 atom stereocenters. The Kier molecular flexibility index (Phi) is 8.00. The number of carbonyl (C=O) groups is 1. The summed E-state index contributed by atoms with van der Waals surface area (Å²) < 4.78 is 25.2. The molecule has 0 aliphatic heterocycles. The first-order valence-corrected chi connectivity index (χ1v) is 11.1. The van der Waals surface area contributed by atoms with Gasteiger partial charge in [0.1, 0.15) is 0 Å². The number of hydrogen-bond acceptors (Lipinski definition) is 3. The van der Waals surface area contributed by atoms with Crippen LogP contribution < -0.4 is 5.32 Å². The zero-order valence-corrected chi connectivity index (χ0v) is 16.8. The maximum absolute atomic E-state index is 12.9. The molecule has 2 aromatic carbocycles. The van der Waals surface area contributed by atoms with Crippen LogP contribution in [-0.2, 0) is 14.8 Å². The number of amides is 1. The van der Waals surface area contributed by atoms with E-state index in [9.17, 15) is 13.2 Å². The summed E-state index contributed by atoms with van der Waals surface area (Å²) in [6, 6.07) is 19.2. The van der Waals surface area contributed by atoms with Gasteiger partial charge in [0.15, 0.2) is 0 Å². The van der Waals surface area contributed by atoms with Gasteiger partial charge in [0.25, 0.3) is 0 Å². The Morgan fingerprint density at radius 2 is 1.48 bits per heavy atom. The summed E-state index contributed by atoms with van der Waals surface area (Å²) in [6.45, 7) is 3.06. The normalized spacial score (nSPS) is 11.7. The van der Waals surface area contributed by atoms with Gasteiger partial charge >= 0.3 is 0 Å². The average Bonchev–Trinajstić information content (AvgIpc) is 2.65. The van der Waals surface area contributed by atoms with Crippen molar-refractivity contribution in [1.82, 2.24) is 9.62 Å². The minimum atomic E-state index is -3.28. The van der Waals surface area contributed by atoms with E-state index in [1.807, 2.05) is 67.6 Å². The molecular formula is C21H28N2O3S. The predicted molar refractivity (Wildman–Crippen MR) is 109 cm³/mol. The zero-order valence-electron chi connectivity index (χ0n) is 16.0. The van der Waals surface area contributed by atoms with Gasteiger partial charge in [-0.3, -0.25) is 4.79 Å². The molecule has 0 radical (unpaired) electrons. The summed E-state index contributed by atoms with van der Waals surface area (Å²) in [5.41, 5.74) is 1.82. The lowest BCUT2D eigenvalue weighted by atomic mass is 9.90. The van der Waals surface area contributed by atoms with Gasteiger partial charge in [-0.2, -0.15) is 0 Å². The highest BCUT2D eigenvalue weighted by molar-refractivity contribution is 7.88. The van der Waals surface area contributed by atoms with E-state index in [2.05, 4.69) is 5.32 Å². The van der Waals surface area contributed by atoms with E-state index in [1.165, 1.54) is 10.6 Å². The number of sulfonamides is 1. The maximum Gasteiger partial charge on any atom is 0.232 e. The van der Waals surface area contributed by atoms with Gasteiger partial charge in [-0.15, -0.1) is 0 Å². The molecule has 2 aromatic rings. The summed E-state index contributed by atoms with van der Waals surface area (Å²) in [7, 11) is -3.28. The molecule has 2 rings (SSSR count). The predicted octanol–water partition coefficient (Wildman–Crippen LogP) is 3.00. The first-order valence-electron chi connectivity index (χ1n) is 9.26. The van der Waals surface area contributed by atoms with Crippen molar-refractivity contribution >= 4 is 15.9 Å². The molecular weight excluding hydrogens is 360 g/mol. The van der Waals surface area contributed by atoms with Gasteiger partial charge in [-0.05, 0) is 17.5 Å². The molecule has 0 bridgehead atoms. The highest BCUT2D eigenvalue weighted by Gasteiger charge is 2.23. The van der Waals surface area contributed by atoms with Crippen LogP contribution in [0.2, 0.25) is 0 Å². The second-order valence-corrected chi connectivity index (χ2v) is 8.54. The van der Waals surface area contributed by atoms with E-state index in [0.29, 0.717) is 6.54 Å². The Bertz CT molecular complexity index is 768. The summed E-state index contributed by atoms with van der Waals surface area (Å²) in [6.07, 6.45) is 2.93. The Labute approximate surface area is 162 Å². The number of carbonyl (C=O) groups excluding carboxylic acids is 1. The summed E-state index contributed by atoms with van der Waals surface area (Å²) >= 11 is 0. The van der Waals surface area contributed by atoms with Crippen LogP contribution in [0.4, 0.5) is 0 Å². The van der Waals surface area contributed by atoms with Crippen molar-refractivity contribution in [2.45, 2.75) is 25.7 Å². The number of hydrogen-bond donors (Lipinski definition) is 1. The largest absolute Gasteiger partial charge is 0.354 e. The maximum atomic E-state index is 12.9. The fraction of sp³-hybridized carbons (Fsp3) is 0.381. The van der Waals surface area contributed by atoms with Crippen LogP contribution in [0.1, 0.15) is 36.8 Å². The van der Waals surface area contributed by atoms with E-state index >= 15 is 0 Å². The first-order chi connectivity index (χ1) is 12.9. The lowest BCUT2D eigenvalue weighted by Crippen LogP contribution is -2.40. The van der Waals surface area contributed by atoms with Crippen LogP contribution in [0, 0.1) is 0 Å². The molecule has 5 nitrogen and oxygen atoms in total. The number of unbranched alkanes of at least 4 members (excludes halogenated alkanes) is 1. The van der Waals surface area contributed by atoms with Crippen LogP contribution in [0.5, 0.6) is 0 Å². The monoisotopic (exact) mass is 388 g/mol. The van der Waals surface area contributed by atoms with Crippen LogP contribution in [0.3, 0.4) is 0 Å². The molecule has 1 N–H and O–H groups in total. The van der Waals surface area contributed by atoms with Gasteiger partial charge in [-0.1, -0.05) is 74.0 Å². The van der Waals surface area contributed by atoms with E-state index < -0.39 is 15.9 Å². The zero-order chi connectivity index (χ0) is 19.7. The third-order valence-electron chi connectivity index (χ3n) is 4.42. The molecule has 146 valence electrons. The van der Waals surface area contributed by atoms with Crippen LogP contribution in [0.15, 0.2) is 60.7 Å². The Morgan fingerprint density at radius 1 is 0.963 bits per heavy atom. The number of nitrogens with zero attached hydrogens (tertiary/aromatic N) is 1. The van der Waals surface area contributed by atoms with Crippen molar-refractivity contribution in [3.63, 3.8) is 0 Å². The minimum absolute atomic E-state index is 0.128. The highest BCUT2D eigenvalue weighted by atomic mass is 32.2. The number of benzene rings is 2. The SMILES string of the molecule is CCCCN(CCNC(=O)C(c1ccccc1)c1ccccc1)S(C)(=O)=O. The van der Waals surface area contributed by atoms with Gasteiger partial charge in [0, 0.05) is 19.6 Å². The fourth-order valence-corrected chi connectivity index (χ4v) is 3.85. The number of rotatable bonds is 10. The molecule has 0 aromatic heterocycles. The summed E-state index contributed by atoms with van der Waals surface area (Å²) in [5, 5.41) is 2.91. The number of nitrogens with one attached hydrogen (secondary N) is 1. The topological polar surface area (TPSA) is 66.5 Å². The molecule has 0 saturated carbocycles. The van der Waals surface area contributed by atoms with Gasteiger partial charge in [0.05, 0.1) is 12.2 Å². The molecule has 6 heteroatoms. The molecule has 0 spiro atoms. The highest BCUT2D eigenvalue weighted by Crippen LogP contribution is 2.24. The van der Waals surface area contributed by atoms with Gasteiger partial charge in [-0.25, -0.2) is 12.7 Å². The van der Waals surface area contributed by atoms with Gasteiger partial charge in [0.2, 0.25) is 15.9 Å². The third-order valence-corrected chi connectivity index (χ3v) is 5.72. The first kappa shape index (κ1) is 21.1. The molecule has 0 unspecified atom stereocenters. The molecule has 0 fully saturated rings. The third kappa shape index (κ3) is 6.48. The van der Waals surface area contributed by atoms with Crippen molar-refractivity contribution in [3.8, 4) is 0 Å². The lowest BCUT2D eigenvalue weighted by Gasteiger charge is -2.22. The van der Waals surface area contributed by atoms with Crippen molar-refractivity contribution < 1.29 is 13.2 Å². The second kappa shape index (κ2) is 10.2. The Morgan fingerprint density at radius 3 is 1.93 bits per heavy atom. The van der Waals surface area contributed by atoms with Crippen molar-refractivity contribution in [2.24, 2.45) is 0 Å². The second-order valence-electron chi connectivity index (χ2n) is 6.56. The van der Waals surface area contributed by atoms with E-state index in [1.54, 1.807) is 0 Å². The van der Waals surface area contributed by atoms with Crippen LogP contribution >= 0.6 is 0 Å². The van der Waals surface area contributed by atoms with Crippen LogP contribution in [0.25, 0.3) is 0 Å². The summed E-state index contributed by atoms with van der Waals surface area (Å²) in [4.78, 5) is 12.9. The van der Waals surface area contributed by atoms with Crippen LogP contribution in [-0.4, -0.2) is 44.5 Å². The van der Waals surface area contributed by atoms with E-state index in [0.717, 1.165) is 24.0 Å². The molecule has 0 saturated heterocycles. The van der Waals surface area contributed by atoms with Gasteiger partial charge < -0.3 is 5.32 Å². The Hall–Kier alpha value is -2.18. The Balaban J connectivity index is 2.08. The molecule has 27 heavy (non-hydrogen) atoms. The average molecular weight is 389 g/mol. The van der Waals surface area contributed by atoms with Crippen molar-refractivity contribution in [1.29, 1.82) is 0 Å². The quantitative estimate of drug-likeness (QED) is 0.680. The minimum Gasteiger partial charge on any atom is -0.354 e. The standard InChI is InChI=1S/C21H28N2O3S/c1-3-4-16-23(27(2,25)26)17-15-22-21(24)20(18-11-7-5-8-12-18)19-13-9-6-10-14-19/h5-14,20H,3-4,15-17H2,1-2H3,(H,22,24). The van der Waals surface area contributed by atoms with E-state index in [4.69, 9.17) is 0 Å². The fourth-order valence-electron chi connectivity index (χ4n) is 2.97. The summed E-state index contributed by atoms with van der Waals surface area (Å²) in [5.74, 6) is -0.550. The molecule has 0 aliphatic rings. The molecule has 1 amide bonds. The smallest absolute Gasteiger partial charge is 0.232 e. The molecule has 0 heterocycles. The van der Waals surface area contributed by atoms with E-state index in [-0.39, 0.29) is 19.0 Å². The van der Waals surface area contributed by atoms with Crippen molar-refractivity contribution in [3.05, 3.63) is 71.8 Å². The van der Waals surface area contributed by atoms with Crippen molar-refractivity contribution in [2.75, 3.05) is 25.9 Å².